The molecular formula is C20H21N3O3S2. The Kier molecular flexibility index (Phi) is 4.63. The molecule has 0 radical (unpaired) electrons. The van der Waals surface area contributed by atoms with Crippen molar-refractivity contribution < 1.29 is 13.2 Å². The maximum absolute atomic E-state index is 12.7. The van der Waals surface area contributed by atoms with Gasteiger partial charge in [0.15, 0.2) is 5.13 Å². The highest BCUT2D eigenvalue weighted by Gasteiger charge is 2.32. The standard InChI is InChI=1S/C20H21N3O3S2/c1-4-13-5-7-16-18(10-13)27-20(21-16)22-19(24)14-6-8-17-15(11-14)9-12(2)23(17)28(3,25)26/h5-8,10-12H,4,9H2,1-3H3,(H,21,22,24). The Morgan fingerprint density at radius 1 is 1.29 bits per heavy atom. The second-order valence-electron chi connectivity index (χ2n) is 7.08. The van der Waals surface area contributed by atoms with Gasteiger partial charge in [0.2, 0.25) is 10.0 Å². The van der Waals surface area contributed by atoms with E-state index in [0.717, 1.165) is 22.2 Å². The zero-order valence-corrected chi connectivity index (χ0v) is 17.5. The highest BCUT2D eigenvalue weighted by atomic mass is 32.2. The number of carbonyl (C=O) groups is 1. The van der Waals surface area contributed by atoms with E-state index in [2.05, 4.69) is 23.3 Å². The molecule has 8 heteroatoms. The van der Waals surface area contributed by atoms with E-state index in [1.54, 1.807) is 18.2 Å². The highest BCUT2D eigenvalue weighted by molar-refractivity contribution is 7.92. The molecule has 0 saturated carbocycles. The first kappa shape index (κ1) is 18.9. The van der Waals surface area contributed by atoms with Crippen molar-refractivity contribution in [3.05, 3.63) is 53.1 Å². The molecule has 3 aromatic rings. The number of anilines is 2. The Bertz CT molecular complexity index is 1180. The maximum Gasteiger partial charge on any atom is 0.257 e. The largest absolute Gasteiger partial charge is 0.298 e. The summed E-state index contributed by atoms with van der Waals surface area (Å²) in [5, 5.41) is 3.42. The lowest BCUT2D eigenvalue weighted by atomic mass is 10.1. The smallest absolute Gasteiger partial charge is 0.257 e. The molecule has 1 aromatic heterocycles. The molecule has 1 atom stereocenters. The van der Waals surface area contributed by atoms with Gasteiger partial charge in [-0.15, -0.1) is 0 Å². The fraction of sp³-hybridized carbons (Fsp3) is 0.300. The van der Waals surface area contributed by atoms with Crippen LogP contribution >= 0.6 is 11.3 Å². The molecule has 28 heavy (non-hydrogen) atoms. The second kappa shape index (κ2) is 6.86. The van der Waals surface area contributed by atoms with Crippen LogP contribution in [0, 0.1) is 0 Å². The SMILES string of the molecule is CCc1ccc2nc(NC(=O)c3ccc4c(c3)CC(C)N4S(C)(=O)=O)sc2c1. The summed E-state index contributed by atoms with van der Waals surface area (Å²) in [5.74, 6) is -0.247. The molecule has 6 nitrogen and oxygen atoms in total. The zero-order valence-electron chi connectivity index (χ0n) is 15.9. The van der Waals surface area contributed by atoms with Crippen molar-refractivity contribution >= 4 is 48.3 Å². The number of rotatable bonds is 4. The summed E-state index contributed by atoms with van der Waals surface area (Å²) in [5.41, 5.74) is 4.11. The average Bonchev–Trinajstić information content (AvgIpc) is 3.18. The minimum Gasteiger partial charge on any atom is -0.298 e. The van der Waals surface area contributed by atoms with Crippen LogP contribution in [0.5, 0.6) is 0 Å². The third-order valence-corrected chi connectivity index (χ3v) is 7.14. The lowest BCUT2D eigenvalue weighted by Gasteiger charge is -2.21. The van der Waals surface area contributed by atoms with E-state index in [1.807, 2.05) is 19.1 Å². The van der Waals surface area contributed by atoms with Crippen molar-refractivity contribution in [2.45, 2.75) is 32.7 Å². The number of thiazole rings is 1. The summed E-state index contributed by atoms with van der Waals surface area (Å²) in [7, 11) is -3.34. The van der Waals surface area contributed by atoms with Gasteiger partial charge in [-0.3, -0.25) is 14.4 Å². The molecule has 2 aromatic carbocycles. The molecule has 1 aliphatic heterocycles. The Morgan fingerprint density at radius 2 is 2.07 bits per heavy atom. The first-order chi connectivity index (χ1) is 13.3. The number of hydrogen-bond acceptors (Lipinski definition) is 5. The van der Waals surface area contributed by atoms with E-state index < -0.39 is 10.0 Å². The van der Waals surface area contributed by atoms with Crippen molar-refractivity contribution in [1.82, 2.24) is 4.98 Å². The van der Waals surface area contributed by atoms with Crippen LogP contribution in [0.3, 0.4) is 0 Å². The number of aryl methyl sites for hydroxylation is 1. The number of aromatic nitrogens is 1. The van der Waals surface area contributed by atoms with Crippen LogP contribution in [0.15, 0.2) is 36.4 Å². The Morgan fingerprint density at radius 3 is 2.79 bits per heavy atom. The minimum absolute atomic E-state index is 0.152. The number of hydrogen-bond donors (Lipinski definition) is 1. The molecule has 2 heterocycles. The summed E-state index contributed by atoms with van der Waals surface area (Å²) in [6, 6.07) is 11.1. The Labute approximate surface area is 168 Å². The van der Waals surface area contributed by atoms with Gasteiger partial charge in [-0.1, -0.05) is 24.3 Å². The van der Waals surface area contributed by atoms with Crippen LogP contribution in [0.25, 0.3) is 10.2 Å². The van der Waals surface area contributed by atoms with Crippen molar-refractivity contribution in [1.29, 1.82) is 0 Å². The third kappa shape index (κ3) is 3.38. The van der Waals surface area contributed by atoms with E-state index >= 15 is 0 Å². The first-order valence-corrected chi connectivity index (χ1v) is 11.8. The topological polar surface area (TPSA) is 79.4 Å². The first-order valence-electron chi connectivity index (χ1n) is 9.09. The molecule has 0 aliphatic carbocycles. The summed E-state index contributed by atoms with van der Waals surface area (Å²) in [6.45, 7) is 3.97. The normalized spacial score (nSPS) is 16.4. The van der Waals surface area contributed by atoms with Gasteiger partial charge in [0.05, 0.1) is 22.2 Å². The van der Waals surface area contributed by atoms with Crippen LogP contribution in [0.2, 0.25) is 0 Å². The molecular weight excluding hydrogens is 394 g/mol. The summed E-state index contributed by atoms with van der Waals surface area (Å²) >= 11 is 1.45. The summed E-state index contributed by atoms with van der Waals surface area (Å²) in [6.07, 6.45) is 2.74. The molecule has 0 fully saturated rings. The average molecular weight is 416 g/mol. The Balaban J connectivity index is 1.59. The van der Waals surface area contributed by atoms with Crippen molar-refractivity contribution in [2.75, 3.05) is 15.9 Å². The van der Waals surface area contributed by atoms with Crippen LogP contribution < -0.4 is 9.62 Å². The van der Waals surface area contributed by atoms with Gasteiger partial charge >= 0.3 is 0 Å². The zero-order chi connectivity index (χ0) is 20.1. The van der Waals surface area contributed by atoms with Gasteiger partial charge in [0.25, 0.3) is 5.91 Å². The fourth-order valence-electron chi connectivity index (χ4n) is 3.66. The summed E-state index contributed by atoms with van der Waals surface area (Å²) in [4.78, 5) is 17.2. The fourth-order valence-corrected chi connectivity index (χ4v) is 5.85. The highest BCUT2D eigenvalue weighted by Crippen LogP contribution is 2.35. The number of nitrogens with one attached hydrogen (secondary N) is 1. The van der Waals surface area contributed by atoms with Gasteiger partial charge < -0.3 is 0 Å². The number of sulfonamides is 1. The molecule has 1 unspecified atom stereocenters. The van der Waals surface area contributed by atoms with Gasteiger partial charge in [0, 0.05) is 11.6 Å². The van der Waals surface area contributed by atoms with Crippen molar-refractivity contribution in [3.8, 4) is 0 Å². The predicted molar refractivity (Wildman–Crippen MR) is 114 cm³/mol. The van der Waals surface area contributed by atoms with Crippen LogP contribution in [-0.2, 0) is 22.9 Å². The van der Waals surface area contributed by atoms with Crippen LogP contribution in [-0.4, -0.2) is 31.6 Å². The van der Waals surface area contributed by atoms with Crippen LogP contribution in [0.1, 0.15) is 35.3 Å². The molecule has 1 aliphatic rings. The minimum atomic E-state index is -3.34. The van der Waals surface area contributed by atoms with Gasteiger partial charge in [-0.05, 0) is 61.2 Å². The lowest BCUT2D eigenvalue weighted by Crippen LogP contribution is -2.34. The molecule has 4 rings (SSSR count). The second-order valence-corrected chi connectivity index (χ2v) is 9.97. The van der Waals surface area contributed by atoms with Gasteiger partial charge in [0.1, 0.15) is 0 Å². The molecule has 0 bridgehead atoms. The molecule has 1 amide bonds. The maximum atomic E-state index is 12.7. The van der Waals surface area contributed by atoms with E-state index in [9.17, 15) is 13.2 Å². The molecule has 146 valence electrons. The van der Waals surface area contributed by atoms with E-state index in [-0.39, 0.29) is 11.9 Å². The van der Waals surface area contributed by atoms with Gasteiger partial charge in [-0.25, -0.2) is 13.4 Å². The number of benzene rings is 2. The van der Waals surface area contributed by atoms with Gasteiger partial charge in [-0.2, -0.15) is 0 Å². The van der Waals surface area contributed by atoms with Crippen LogP contribution in [0.4, 0.5) is 10.8 Å². The van der Waals surface area contributed by atoms with Crippen molar-refractivity contribution in [2.24, 2.45) is 0 Å². The summed E-state index contributed by atoms with van der Waals surface area (Å²) < 4.78 is 26.5. The molecule has 1 N–H and O–H groups in total. The third-order valence-electron chi connectivity index (χ3n) is 4.93. The number of carbonyl (C=O) groups excluding carboxylic acids is 1. The molecule has 0 saturated heterocycles. The quantitative estimate of drug-likeness (QED) is 0.702. The monoisotopic (exact) mass is 415 g/mol. The van der Waals surface area contributed by atoms with Crippen molar-refractivity contribution in [3.63, 3.8) is 0 Å². The van der Waals surface area contributed by atoms with E-state index in [4.69, 9.17) is 0 Å². The lowest BCUT2D eigenvalue weighted by molar-refractivity contribution is 0.102. The number of nitrogens with zero attached hydrogens (tertiary/aromatic N) is 2. The predicted octanol–water partition coefficient (Wildman–Crippen LogP) is 3.82. The van der Waals surface area contributed by atoms with E-state index in [0.29, 0.717) is 22.8 Å². The molecule has 0 spiro atoms. The number of fused-ring (bicyclic) bond motifs is 2. The number of amides is 1. The Hall–Kier alpha value is -2.45. The van der Waals surface area contributed by atoms with E-state index in [1.165, 1.54) is 27.5 Å².